The van der Waals surface area contributed by atoms with Crippen molar-refractivity contribution < 1.29 is 28.5 Å². The first-order valence-electron chi connectivity index (χ1n) is 8.80. The first-order valence-corrected chi connectivity index (χ1v) is 8.80. The Labute approximate surface area is 164 Å². The predicted octanol–water partition coefficient (Wildman–Crippen LogP) is 2.93. The van der Waals surface area contributed by atoms with Crippen molar-refractivity contribution in [3.63, 3.8) is 0 Å². The number of benzene rings is 2. The average Bonchev–Trinajstić information content (AvgIpc) is 2.74. The zero-order chi connectivity index (χ0) is 20.2. The van der Waals surface area contributed by atoms with E-state index in [1.54, 1.807) is 12.1 Å². The standard InChI is InChI=1S/C20H26N2O6/c1-24-17-13-16(14-18(25-2)19(17)26-3)27-11-12-28-20(23)22-10-9-21-15-7-5-4-6-8-15/h4-8,13-14,21H,9-12H2,1-3H3,(H,22,23). The van der Waals surface area contributed by atoms with E-state index in [-0.39, 0.29) is 13.2 Å². The third-order valence-electron chi connectivity index (χ3n) is 3.72. The summed E-state index contributed by atoms with van der Waals surface area (Å²) < 4.78 is 26.5. The van der Waals surface area contributed by atoms with E-state index in [2.05, 4.69) is 10.6 Å². The molecule has 28 heavy (non-hydrogen) atoms. The van der Waals surface area contributed by atoms with Gasteiger partial charge in [-0.05, 0) is 12.1 Å². The fourth-order valence-corrected chi connectivity index (χ4v) is 2.41. The minimum Gasteiger partial charge on any atom is -0.493 e. The highest BCUT2D eigenvalue weighted by Crippen LogP contribution is 2.40. The SMILES string of the molecule is COc1cc(OCCOC(=O)NCCNc2ccccc2)cc(OC)c1OC. The largest absolute Gasteiger partial charge is 0.493 e. The van der Waals surface area contributed by atoms with Crippen LogP contribution >= 0.6 is 0 Å². The highest BCUT2D eigenvalue weighted by molar-refractivity contribution is 5.67. The topological polar surface area (TPSA) is 87.3 Å². The molecule has 2 rings (SSSR count). The number of para-hydroxylation sites is 1. The quantitative estimate of drug-likeness (QED) is 0.571. The molecule has 8 nitrogen and oxygen atoms in total. The van der Waals surface area contributed by atoms with Crippen LogP contribution in [0.15, 0.2) is 42.5 Å². The number of anilines is 1. The van der Waals surface area contributed by atoms with Gasteiger partial charge in [-0.15, -0.1) is 0 Å². The Kier molecular flexibility index (Phi) is 8.58. The Morgan fingerprint density at radius 2 is 1.57 bits per heavy atom. The average molecular weight is 390 g/mol. The number of rotatable bonds is 11. The molecular weight excluding hydrogens is 364 g/mol. The Morgan fingerprint density at radius 3 is 2.18 bits per heavy atom. The van der Waals surface area contributed by atoms with Gasteiger partial charge in [0.25, 0.3) is 0 Å². The van der Waals surface area contributed by atoms with Gasteiger partial charge in [-0.1, -0.05) is 18.2 Å². The number of alkyl carbamates (subject to hydrolysis) is 1. The maximum Gasteiger partial charge on any atom is 0.407 e. The summed E-state index contributed by atoms with van der Waals surface area (Å²) in [5.74, 6) is 1.98. The number of methoxy groups -OCH3 is 3. The molecule has 8 heteroatoms. The van der Waals surface area contributed by atoms with Crippen molar-refractivity contribution in [2.45, 2.75) is 0 Å². The van der Waals surface area contributed by atoms with Gasteiger partial charge in [0.1, 0.15) is 19.0 Å². The number of carbonyl (C=O) groups excluding carboxylic acids is 1. The van der Waals surface area contributed by atoms with E-state index in [1.807, 2.05) is 30.3 Å². The fourth-order valence-electron chi connectivity index (χ4n) is 2.41. The number of hydrogen-bond donors (Lipinski definition) is 2. The van der Waals surface area contributed by atoms with Crippen LogP contribution < -0.4 is 29.6 Å². The molecule has 2 N–H and O–H groups in total. The molecular formula is C20H26N2O6. The monoisotopic (exact) mass is 390 g/mol. The van der Waals surface area contributed by atoms with Crippen LogP contribution in [0.3, 0.4) is 0 Å². The van der Waals surface area contributed by atoms with Crippen molar-refractivity contribution in [1.29, 1.82) is 0 Å². The lowest BCUT2D eigenvalue weighted by Crippen LogP contribution is -2.30. The lowest BCUT2D eigenvalue weighted by Gasteiger charge is -2.14. The summed E-state index contributed by atoms with van der Waals surface area (Å²) in [7, 11) is 4.59. The molecule has 0 saturated carbocycles. The molecule has 2 aromatic rings. The van der Waals surface area contributed by atoms with Gasteiger partial charge in [-0.25, -0.2) is 4.79 Å². The van der Waals surface area contributed by atoms with Gasteiger partial charge in [-0.3, -0.25) is 0 Å². The highest BCUT2D eigenvalue weighted by Gasteiger charge is 2.14. The van der Waals surface area contributed by atoms with Crippen molar-refractivity contribution in [2.24, 2.45) is 0 Å². The third-order valence-corrected chi connectivity index (χ3v) is 3.72. The number of nitrogens with one attached hydrogen (secondary N) is 2. The summed E-state index contributed by atoms with van der Waals surface area (Å²) in [5, 5.41) is 5.86. The molecule has 152 valence electrons. The van der Waals surface area contributed by atoms with Gasteiger partial charge < -0.3 is 34.3 Å². The van der Waals surface area contributed by atoms with Crippen molar-refractivity contribution in [2.75, 3.05) is 52.9 Å². The van der Waals surface area contributed by atoms with E-state index in [1.165, 1.54) is 21.3 Å². The Hall–Kier alpha value is -3.29. The third kappa shape index (κ3) is 6.46. The van der Waals surface area contributed by atoms with Crippen molar-refractivity contribution >= 4 is 11.8 Å². The van der Waals surface area contributed by atoms with E-state index < -0.39 is 6.09 Å². The van der Waals surface area contributed by atoms with Crippen LogP contribution in [0.25, 0.3) is 0 Å². The maximum absolute atomic E-state index is 11.7. The zero-order valence-corrected chi connectivity index (χ0v) is 16.3. The molecule has 0 fully saturated rings. The molecule has 0 bridgehead atoms. The second-order valence-electron chi connectivity index (χ2n) is 5.57. The summed E-state index contributed by atoms with van der Waals surface area (Å²) in [6.45, 7) is 1.34. The van der Waals surface area contributed by atoms with Crippen molar-refractivity contribution in [3.05, 3.63) is 42.5 Å². The Bertz CT molecular complexity index is 714. The van der Waals surface area contributed by atoms with Crippen molar-refractivity contribution in [3.8, 4) is 23.0 Å². The lowest BCUT2D eigenvalue weighted by molar-refractivity contribution is 0.125. The predicted molar refractivity (Wildman–Crippen MR) is 106 cm³/mol. The minimum absolute atomic E-state index is 0.106. The van der Waals surface area contributed by atoms with E-state index in [0.29, 0.717) is 36.1 Å². The molecule has 0 unspecified atom stereocenters. The molecule has 0 heterocycles. The first-order chi connectivity index (χ1) is 13.7. The van der Waals surface area contributed by atoms with E-state index in [0.717, 1.165) is 5.69 Å². The summed E-state index contributed by atoms with van der Waals surface area (Å²) in [4.78, 5) is 11.7. The van der Waals surface area contributed by atoms with Crippen LogP contribution in [0.1, 0.15) is 0 Å². The van der Waals surface area contributed by atoms with Crippen LogP contribution in [-0.2, 0) is 4.74 Å². The normalized spacial score (nSPS) is 9.96. The van der Waals surface area contributed by atoms with Crippen LogP contribution in [0.5, 0.6) is 23.0 Å². The number of carbonyl (C=O) groups is 1. The molecule has 0 aliphatic heterocycles. The Morgan fingerprint density at radius 1 is 0.893 bits per heavy atom. The van der Waals surface area contributed by atoms with Gasteiger partial charge in [0.2, 0.25) is 5.75 Å². The molecule has 0 atom stereocenters. The molecule has 2 aromatic carbocycles. The lowest BCUT2D eigenvalue weighted by atomic mass is 10.2. The van der Waals surface area contributed by atoms with Gasteiger partial charge in [0, 0.05) is 30.9 Å². The maximum atomic E-state index is 11.7. The number of hydrogen-bond acceptors (Lipinski definition) is 7. The second kappa shape index (κ2) is 11.4. The molecule has 0 aromatic heterocycles. The summed E-state index contributed by atoms with van der Waals surface area (Å²) >= 11 is 0. The van der Waals surface area contributed by atoms with Crippen molar-refractivity contribution in [1.82, 2.24) is 5.32 Å². The minimum atomic E-state index is -0.497. The highest BCUT2D eigenvalue weighted by atomic mass is 16.6. The zero-order valence-electron chi connectivity index (χ0n) is 16.3. The second-order valence-corrected chi connectivity index (χ2v) is 5.57. The van der Waals surface area contributed by atoms with Crippen LogP contribution in [0.4, 0.5) is 10.5 Å². The fraction of sp³-hybridized carbons (Fsp3) is 0.350. The van der Waals surface area contributed by atoms with Gasteiger partial charge in [0.15, 0.2) is 11.5 Å². The van der Waals surface area contributed by atoms with E-state index in [9.17, 15) is 4.79 Å². The van der Waals surface area contributed by atoms with Gasteiger partial charge in [-0.2, -0.15) is 0 Å². The van der Waals surface area contributed by atoms with Gasteiger partial charge in [0.05, 0.1) is 21.3 Å². The summed E-state index contributed by atoms with van der Waals surface area (Å²) in [6, 6.07) is 13.1. The Balaban J connectivity index is 1.67. The van der Waals surface area contributed by atoms with Gasteiger partial charge >= 0.3 is 6.09 Å². The van der Waals surface area contributed by atoms with E-state index in [4.69, 9.17) is 23.7 Å². The van der Waals surface area contributed by atoms with Crippen LogP contribution in [0, 0.1) is 0 Å². The first kappa shape index (κ1) is 21.0. The molecule has 1 amide bonds. The number of amides is 1. The number of ether oxygens (including phenoxy) is 5. The smallest absolute Gasteiger partial charge is 0.407 e. The van der Waals surface area contributed by atoms with E-state index >= 15 is 0 Å². The molecule has 0 aliphatic rings. The molecule has 0 spiro atoms. The van der Waals surface area contributed by atoms with Crippen LogP contribution in [0.2, 0.25) is 0 Å². The molecule has 0 aliphatic carbocycles. The summed E-state index contributed by atoms with van der Waals surface area (Å²) in [5.41, 5.74) is 0.997. The molecule has 0 radical (unpaired) electrons. The summed E-state index contributed by atoms with van der Waals surface area (Å²) in [6.07, 6.45) is -0.497. The van der Waals surface area contributed by atoms with Crippen LogP contribution in [-0.4, -0.2) is 53.7 Å². The molecule has 0 saturated heterocycles.